The highest BCUT2D eigenvalue weighted by Gasteiger charge is 2.13. The van der Waals surface area contributed by atoms with Gasteiger partial charge >= 0.3 is 0 Å². The fraction of sp³-hybridized carbons (Fsp3) is 0. The summed E-state index contributed by atoms with van der Waals surface area (Å²) in [4.78, 5) is 0.320. The summed E-state index contributed by atoms with van der Waals surface area (Å²) in [5.74, 6) is 0.361. The summed E-state index contributed by atoms with van der Waals surface area (Å²) in [6, 6.07) is 1.69. The molecule has 0 aromatic carbocycles. The van der Waals surface area contributed by atoms with Gasteiger partial charge in [0.2, 0.25) is 0 Å². The molecule has 0 saturated carbocycles. The zero-order valence-corrected chi connectivity index (χ0v) is 9.84. The molecule has 0 unspecified atom stereocenters. The highest BCUT2D eigenvalue weighted by molar-refractivity contribution is 9.10. The minimum Gasteiger partial charge on any atom is -0.411 e. The average molecular weight is 300 g/mol. The van der Waals surface area contributed by atoms with Crippen molar-refractivity contribution >= 4 is 50.5 Å². The predicted molar refractivity (Wildman–Crippen MR) is 55.3 cm³/mol. The molecule has 0 fully saturated rings. The third-order valence-electron chi connectivity index (χ3n) is 1.29. The van der Waals surface area contributed by atoms with Gasteiger partial charge in [-0.25, -0.2) is 0 Å². The molecule has 0 atom stereocenters. The van der Waals surface area contributed by atoms with E-state index in [1.54, 1.807) is 6.07 Å². The molecule has 2 aromatic rings. The molecule has 0 radical (unpaired) electrons. The van der Waals surface area contributed by atoms with Crippen molar-refractivity contribution in [3.05, 3.63) is 19.5 Å². The molecular formula is C6HBrCl2N2OS. The van der Waals surface area contributed by atoms with E-state index in [1.807, 2.05) is 0 Å². The second kappa shape index (κ2) is 3.57. The maximum atomic E-state index is 5.88. The molecule has 2 aromatic heterocycles. The Balaban J connectivity index is 2.51. The van der Waals surface area contributed by atoms with E-state index < -0.39 is 0 Å². The zero-order valence-electron chi connectivity index (χ0n) is 5.92. The Morgan fingerprint density at radius 2 is 2.15 bits per heavy atom. The monoisotopic (exact) mass is 298 g/mol. The second-order valence-corrected chi connectivity index (χ2v) is 5.06. The van der Waals surface area contributed by atoms with E-state index in [0.717, 1.165) is 0 Å². The Labute approximate surface area is 95.8 Å². The van der Waals surface area contributed by atoms with Crippen LogP contribution in [0.15, 0.2) is 15.3 Å². The molecule has 2 heterocycles. The summed E-state index contributed by atoms with van der Waals surface area (Å²) in [5, 5.41) is 7.41. The van der Waals surface area contributed by atoms with E-state index in [2.05, 4.69) is 26.1 Å². The van der Waals surface area contributed by atoms with Crippen molar-refractivity contribution in [1.82, 2.24) is 10.2 Å². The first-order chi connectivity index (χ1) is 6.16. The predicted octanol–water partition coefficient (Wildman–Crippen LogP) is 3.87. The van der Waals surface area contributed by atoms with Crippen LogP contribution in [0.25, 0.3) is 11.5 Å². The molecule has 13 heavy (non-hydrogen) atoms. The minimum absolute atomic E-state index is 0.320. The summed E-state index contributed by atoms with van der Waals surface area (Å²) in [5.41, 5.74) is 0.662. The van der Waals surface area contributed by atoms with Gasteiger partial charge in [0.15, 0.2) is 0 Å². The normalized spacial score (nSPS) is 10.7. The van der Waals surface area contributed by atoms with E-state index in [9.17, 15) is 0 Å². The average Bonchev–Trinajstić information content (AvgIpc) is 2.58. The summed E-state index contributed by atoms with van der Waals surface area (Å²) < 4.78 is 6.26. The molecule has 0 bridgehead atoms. The SMILES string of the molecule is Clc1cc(-c2nnc(Br)o2)c(Cl)s1. The summed E-state index contributed by atoms with van der Waals surface area (Å²) in [6.45, 7) is 0. The van der Waals surface area contributed by atoms with Crippen molar-refractivity contribution in [3.63, 3.8) is 0 Å². The first-order valence-electron chi connectivity index (χ1n) is 3.11. The highest BCUT2D eigenvalue weighted by atomic mass is 79.9. The number of halogens is 3. The summed E-state index contributed by atoms with van der Waals surface area (Å²) in [6.07, 6.45) is 0. The van der Waals surface area contributed by atoms with Gasteiger partial charge in [-0.15, -0.1) is 21.5 Å². The molecule has 0 aliphatic rings. The van der Waals surface area contributed by atoms with Crippen molar-refractivity contribution in [2.45, 2.75) is 0 Å². The number of hydrogen-bond donors (Lipinski definition) is 0. The standard InChI is InChI=1S/C6HBrCl2N2OS/c7-6-11-10-5(12-6)2-1-3(8)13-4(2)9/h1H. The van der Waals surface area contributed by atoms with Crippen molar-refractivity contribution < 1.29 is 4.42 Å². The van der Waals surface area contributed by atoms with Crippen LogP contribution in [0.2, 0.25) is 8.67 Å². The van der Waals surface area contributed by atoms with Crippen LogP contribution in [-0.2, 0) is 0 Å². The van der Waals surface area contributed by atoms with Gasteiger partial charge in [-0.1, -0.05) is 23.2 Å². The molecule has 0 aliphatic heterocycles. The van der Waals surface area contributed by atoms with Gasteiger partial charge in [-0.05, 0) is 6.07 Å². The molecule has 0 N–H and O–H groups in total. The molecule has 0 aliphatic carbocycles. The lowest BCUT2D eigenvalue weighted by Gasteiger charge is -1.86. The van der Waals surface area contributed by atoms with Gasteiger partial charge in [-0.2, -0.15) is 0 Å². The Morgan fingerprint density at radius 1 is 1.38 bits per heavy atom. The zero-order chi connectivity index (χ0) is 9.42. The molecule has 0 spiro atoms. The fourth-order valence-electron chi connectivity index (χ4n) is 0.800. The molecule has 7 heteroatoms. The van der Waals surface area contributed by atoms with Gasteiger partial charge in [0.05, 0.1) is 9.90 Å². The highest BCUT2D eigenvalue weighted by Crippen LogP contribution is 2.37. The minimum atomic E-state index is 0.320. The van der Waals surface area contributed by atoms with Crippen molar-refractivity contribution in [2.75, 3.05) is 0 Å². The van der Waals surface area contributed by atoms with Crippen LogP contribution in [0.4, 0.5) is 0 Å². The van der Waals surface area contributed by atoms with Crippen LogP contribution in [0.3, 0.4) is 0 Å². The van der Waals surface area contributed by atoms with Crippen molar-refractivity contribution in [3.8, 4) is 11.5 Å². The lowest BCUT2D eigenvalue weighted by Crippen LogP contribution is -1.73. The molecular weight excluding hydrogens is 299 g/mol. The van der Waals surface area contributed by atoms with Crippen LogP contribution in [-0.4, -0.2) is 10.2 Å². The lowest BCUT2D eigenvalue weighted by molar-refractivity contribution is 0.540. The first-order valence-corrected chi connectivity index (χ1v) is 5.47. The van der Waals surface area contributed by atoms with E-state index >= 15 is 0 Å². The second-order valence-electron chi connectivity index (χ2n) is 2.10. The van der Waals surface area contributed by atoms with Crippen molar-refractivity contribution in [1.29, 1.82) is 0 Å². The third kappa shape index (κ3) is 1.88. The van der Waals surface area contributed by atoms with E-state index in [4.69, 9.17) is 27.6 Å². The van der Waals surface area contributed by atoms with Crippen LogP contribution in [0, 0.1) is 0 Å². The quantitative estimate of drug-likeness (QED) is 0.802. The van der Waals surface area contributed by atoms with Crippen LogP contribution < -0.4 is 0 Å². The first kappa shape index (κ1) is 9.45. The van der Waals surface area contributed by atoms with Gasteiger partial charge in [-0.3, -0.25) is 0 Å². The smallest absolute Gasteiger partial charge is 0.285 e. The third-order valence-corrected chi connectivity index (χ3v) is 3.10. The molecule has 0 saturated heterocycles. The van der Waals surface area contributed by atoms with Crippen LogP contribution >= 0.6 is 50.5 Å². The van der Waals surface area contributed by atoms with Gasteiger partial charge in [0.1, 0.15) is 4.34 Å². The Kier molecular flexibility index (Phi) is 2.60. The fourth-order valence-corrected chi connectivity index (χ4v) is 2.48. The summed E-state index contributed by atoms with van der Waals surface area (Å²) in [7, 11) is 0. The van der Waals surface area contributed by atoms with Crippen LogP contribution in [0.5, 0.6) is 0 Å². The Hall–Kier alpha value is -0.100. The Morgan fingerprint density at radius 3 is 2.62 bits per heavy atom. The number of aromatic nitrogens is 2. The number of hydrogen-bond acceptors (Lipinski definition) is 4. The van der Waals surface area contributed by atoms with Gasteiger partial charge < -0.3 is 4.42 Å². The maximum absolute atomic E-state index is 5.88. The van der Waals surface area contributed by atoms with E-state index in [0.29, 0.717) is 24.9 Å². The molecule has 2 rings (SSSR count). The lowest BCUT2D eigenvalue weighted by atomic mass is 10.3. The van der Waals surface area contributed by atoms with Gasteiger partial charge in [0, 0.05) is 15.9 Å². The molecule has 3 nitrogen and oxygen atoms in total. The number of thiophene rings is 1. The van der Waals surface area contributed by atoms with Gasteiger partial charge in [0.25, 0.3) is 10.7 Å². The molecule has 68 valence electrons. The maximum Gasteiger partial charge on any atom is 0.285 e. The van der Waals surface area contributed by atoms with E-state index in [1.165, 1.54) is 11.3 Å². The Bertz CT molecular complexity index is 442. The van der Waals surface area contributed by atoms with Crippen LogP contribution in [0.1, 0.15) is 0 Å². The molecule has 0 amide bonds. The number of nitrogens with zero attached hydrogens (tertiary/aromatic N) is 2. The topological polar surface area (TPSA) is 38.9 Å². The largest absolute Gasteiger partial charge is 0.411 e. The van der Waals surface area contributed by atoms with E-state index in [-0.39, 0.29) is 0 Å². The van der Waals surface area contributed by atoms with Crippen molar-refractivity contribution in [2.24, 2.45) is 0 Å². The number of rotatable bonds is 1. The summed E-state index contributed by atoms with van der Waals surface area (Å²) >= 11 is 15.9.